The highest BCUT2D eigenvalue weighted by Gasteiger charge is 2.40. The summed E-state index contributed by atoms with van der Waals surface area (Å²) in [5.41, 5.74) is 0.599. The SMILES string of the molecule is CC[C@@H](NC1=NS(=O)(=O)C(C(=O)N(C)C)=C1Nc1cccc(S(=O)(=O)N(C)C)c1O)c1cc(C(C)C)co1. The van der Waals surface area contributed by atoms with Gasteiger partial charge in [-0.25, -0.2) is 12.7 Å². The second-order valence-electron chi connectivity index (χ2n) is 9.43. The number of para-hydroxylation sites is 1. The van der Waals surface area contributed by atoms with E-state index < -0.39 is 47.5 Å². The Morgan fingerprint density at radius 2 is 1.84 bits per heavy atom. The Morgan fingerprint density at radius 3 is 2.37 bits per heavy atom. The van der Waals surface area contributed by atoms with Gasteiger partial charge in [0.25, 0.3) is 15.9 Å². The van der Waals surface area contributed by atoms with Crippen molar-refractivity contribution in [2.45, 2.75) is 44.0 Å². The predicted molar refractivity (Wildman–Crippen MR) is 144 cm³/mol. The highest BCUT2D eigenvalue weighted by atomic mass is 32.2. The number of hydrogen-bond donors (Lipinski definition) is 3. The van der Waals surface area contributed by atoms with Crippen molar-refractivity contribution >= 4 is 37.5 Å². The van der Waals surface area contributed by atoms with Gasteiger partial charge in [0.05, 0.1) is 18.0 Å². The van der Waals surface area contributed by atoms with Gasteiger partial charge in [0.1, 0.15) is 16.4 Å². The second-order valence-corrected chi connectivity index (χ2v) is 13.1. The Labute approximate surface area is 223 Å². The Bertz CT molecular complexity index is 1500. The Balaban J connectivity index is 2.13. The van der Waals surface area contributed by atoms with Crippen LogP contribution in [0.25, 0.3) is 0 Å². The number of phenolic OH excluding ortho intramolecular Hbond substituents is 1. The molecule has 0 bridgehead atoms. The highest BCUT2D eigenvalue weighted by molar-refractivity contribution is 7.95. The molecule has 2 aromatic rings. The molecule has 1 amide bonds. The van der Waals surface area contributed by atoms with Crippen LogP contribution in [0.4, 0.5) is 5.69 Å². The van der Waals surface area contributed by atoms with Crippen LogP contribution in [0.3, 0.4) is 0 Å². The molecular formula is C24H33N5O7S2. The van der Waals surface area contributed by atoms with Crippen molar-refractivity contribution in [1.82, 2.24) is 14.5 Å². The first-order valence-electron chi connectivity index (χ1n) is 11.8. The Morgan fingerprint density at radius 1 is 1.18 bits per heavy atom. The number of furan rings is 1. The Kier molecular flexibility index (Phi) is 8.29. The van der Waals surface area contributed by atoms with E-state index in [1.807, 2.05) is 26.8 Å². The molecule has 0 saturated carbocycles. The maximum atomic E-state index is 13.1. The van der Waals surface area contributed by atoms with Crippen LogP contribution in [-0.2, 0) is 24.8 Å². The van der Waals surface area contributed by atoms with E-state index in [1.54, 1.807) is 6.26 Å². The molecule has 0 saturated heterocycles. The van der Waals surface area contributed by atoms with Crippen molar-refractivity contribution in [2.24, 2.45) is 4.40 Å². The zero-order valence-corrected chi connectivity index (χ0v) is 23.9. The summed E-state index contributed by atoms with van der Waals surface area (Å²) in [7, 11) is -3.07. The minimum absolute atomic E-state index is 0.133. The summed E-state index contributed by atoms with van der Waals surface area (Å²) in [6.07, 6.45) is 2.11. The molecule has 208 valence electrons. The fourth-order valence-electron chi connectivity index (χ4n) is 3.64. The van der Waals surface area contributed by atoms with Crippen molar-refractivity contribution in [3.05, 3.63) is 52.5 Å². The van der Waals surface area contributed by atoms with Crippen molar-refractivity contribution in [3.8, 4) is 5.75 Å². The lowest BCUT2D eigenvalue weighted by atomic mass is 10.1. The molecule has 3 rings (SSSR count). The van der Waals surface area contributed by atoms with E-state index in [2.05, 4.69) is 15.0 Å². The van der Waals surface area contributed by atoms with Gasteiger partial charge in [-0.3, -0.25) is 4.79 Å². The lowest BCUT2D eigenvalue weighted by Crippen LogP contribution is -2.33. The molecule has 0 spiro atoms. The average Bonchev–Trinajstić information content (AvgIpc) is 3.40. The van der Waals surface area contributed by atoms with E-state index >= 15 is 0 Å². The molecule has 14 heteroatoms. The standard InChI is InChI=1S/C24H33N5O7S2/c1-8-16(18-12-15(13-36-18)14(2)3)26-23-20(22(24(31)28(4)5)37(32,33)27-23)25-17-10-9-11-19(21(17)30)38(34,35)29(6)7/h9-14,16,25,30H,8H2,1-7H3,(H,26,27)/t16-/m1/s1. The van der Waals surface area contributed by atoms with Gasteiger partial charge in [-0.1, -0.05) is 26.8 Å². The third-order valence-corrected chi connectivity index (χ3v) is 9.08. The number of amides is 1. The minimum Gasteiger partial charge on any atom is -0.504 e. The molecule has 12 nitrogen and oxygen atoms in total. The molecule has 1 aromatic carbocycles. The number of nitrogens with one attached hydrogen (secondary N) is 2. The summed E-state index contributed by atoms with van der Waals surface area (Å²) in [5, 5.41) is 16.6. The first kappa shape index (κ1) is 29.2. The van der Waals surface area contributed by atoms with E-state index in [1.165, 1.54) is 46.4 Å². The number of anilines is 1. The van der Waals surface area contributed by atoms with Crippen LogP contribution in [0.15, 0.2) is 54.8 Å². The number of likely N-dealkylation sites (N-methyl/N-ethyl adjacent to an activating group) is 1. The predicted octanol–water partition coefficient (Wildman–Crippen LogP) is 2.55. The number of amidine groups is 1. The monoisotopic (exact) mass is 567 g/mol. The van der Waals surface area contributed by atoms with Gasteiger partial charge in [-0.2, -0.15) is 8.42 Å². The first-order chi connectivity index (χ1) is 17.6. The van der Waals surface area contributed by atoms with Gasteiger partial charge in [0.2, 0.25) is 10.0 Å². The van der Waals surface area contributed by atoms with Gasteiger partial charge < -0.3 is 25.1 Å². The number of aromatic hydroxyl groups is 1. The zero-order chi connectivity index (χ0) is 28.6. The molecule has 1 aliphatic heterocycles. The van der Waals surface area contributed by atoms with E-state index in [9.17, 15) is 26.7 Å². The van der Waals surface area contributed by atoms with Crippen LogP contribution in [0.5, 0.6) is 5.75 Å². The van der Waals surface area contributed by atoms with Crippen LogP contribution in [-0.4, -0.2) is 71.1 Å². The maximum absolute atomic E-state index is 13.1. The first-order valence-corrected chi connectivity index (χ1v) is 14.7. The van der Waals surface area contributed by atoms with Gasteiger partial charge in [-0.05, 0) is 36.1 Å². The summed E-state index contributed by atoms with van der Waals surface area (Å²) in [6.45, 7) is 5.89. The topological polar surface area (TPSA) is 162 Å². The molecular weight excluding hydrogens is 534 g/mol. The molecule has 38 heavy (non-hydrogen) atoms. The van der Waals surface area contributed by atoms with Crippen molar-refractivity contribution in [2.75, 3.05) is 33.5 Å². The van der Waals surface area contributed by atoms with E-state index in [4.69, 9.17) is 4.42 Å². The van der Waals surface area contributed by atoms with Crippen LogP contribution in [0.2, 0.25) is 0 Å². The summed E-state index contributed by atoms with van der Waals surface area (Å²) in [5.74, 6) is -0.912. The molecule has 0 unspecified atom stereocenters. The molecule has 2 heterocycles. The number of carbonyl (C=O) groups excluding carboxylic acids is 1. The highest BCUT2D eigenvalue weighted by Crippen LogP contribution is 2.36. The number of nitrogens with zero attached hydrogens (tertiary/aromatic N) is 3. The van der Waals surface area contributed by atoms with Crippen molar-refractivity contribution in [3.63, 3.8) is 0 Å². The van der Waals surface area contributed by atoms with E-state index in [0.29, 0.717) is 12.2 Å². The molecule has 0 radical (unpaired) electrons. The van der Waals surface area contributed by atoms with Crippen LogP contribution >= 0.6 is 0 Å². The molecule has 1 atom stereocenters. The Hall–Kier alpha value is -3.36. The third-order valence-electron chi connectivity index (χ3n) is 5.92. The lowest BCUT2D eigenvalue weighted by Gasteiger charge is -2.20. The number of hydrogen-bond acceptors (Lipinski definition) is 9. The van der Waals surface area contributed by atoms with Gasteiger partial charge >= 0.3 is 0 Å². The summed E-state index contributed by atoms with van der Waals surface area (Å²) >= 11 is 0. The summed E-state index contributed by atoms with van der Waals surface area (Å²) in [4.78, 5) is 13.0. The largest absolute Gasteiger partial charge is 0.504 e. The normalized spacial score (nSPS) is 16.1. The van der Waals surface area contributed by atoms with Gasteiger partial charge in [0, 0.05) is 28.2 Å². The van der Waals surface area contributed by atoms with Gasteiger partial charge in [-0.15, -0.1) is 4.40 Å². The summed E-state index contributed by atoms with van der Waals surface area (Å²) in [6, 6.07) is 5.31. The summed E-state index contributed by atoms with van der Waals surface area (Å²) < 4.78 is 61.9. The maximum Gasteiger partial charge on any atom is 0.292 e. The molecule has 0 fully saturated rings. The number of phenols is 1. The second kappa shape index (κ2) is 10.8. The smallest absolute Gasteiger partial charge is 0.292 e. The fourth-order valence-corrected chi connectivity index (χ4v) is 5.92. The van der Waals surface area contributed by atoms with Crippen molar-refractivity contribution < 1.29 is 31.2 Å². The van der Waals surface area contributed by atoms with Crippen LogP contribution in [0.1, 0.15) is 50.5 Å². The molecule has 3 N–H and O–H groups in total. The number of rotatable bonds is 9. The average molecular weight is 568 g/mol. The number of benzene rings is 1. The van der Waals surface area contributed by atoms with Crippen LogP contribution < -0.4 is 10.6 Å². The van der Waals surface area contributed by atoms with E-state index in [-0.39, 0.29) is 23.1 Å². The zero-order valence-electron chi connectivity index (χ0n) is 22.3. The number of carbonyl (C=O) groups is 1. The number of sulfonamides is 2. The lowest BCUT2D eigenvalue weighted by molar-refractivity contribution is -0.124. The minimum atomic E-state index is -4.45. The molecule has 1 aliphatic rings. The van der Waals surface area contributed by atoms with Gasteiger partial charge in [0.15, 0.2) is 16.5 Å². The fraction of sp³-hybridized carbons (Fsp3) is 0.417. The molecule has 1 aromatic heterocycles. The third kappa shape index (κ3) is 5.56. The van der Waals surface area contributed by atoms with Crippen molar-refractivity contribution in [1.29, 1.82) is 0 Å². The van der Waals surface area contributed by atoms with E-state index in [0.717, 1.165) is 14.8 Å². The molecule has 0 aliphatic carbocycles. The van der Waals surface area contributed by atoms with Crippen LogP contribution in [0, 0.1) is 0 Å². The quantitative estimate of drug-likeness (QED) is 0.387.